The second kappa shape index (κ2) is 4.67. The Hall–Kier alpha value is -1.69. The van der Waals surface area contributed by atoms with Gasteiger partial charge in [0.15, 0.2) is 5.82 Å². The molecule has 92 valence electrons. The molecule has 1 atom stereocenters. The van der Waals surface area contributed by atoms with Crippen LogP contribution in [0.3, 0.4) is 0 Å². The smallest absolute Gasteiger partial charge is 0.203 e. The van der Waals surface area contributed by atoms with Gasteiger partial charge in [0.2, 0.25) is 5.65 Å². The molecule has 0 bridgehead atoms. The molecule has 3 N–H and O–H groups in total. The van der Waals surface area contributed by atoms with Crippen molar-refractivity contribution in [3.63, 3.8) is 0 Å². The molecule has 2 aromatic heterocycles. The van der Waals surface area contributed by atoms with Gasteiger partial charge in [-0.05, 0) is 12.8 Å². The molecular formula is C11H18N6. The minimum Gasteiger partial charge on any atom is -0.365 e. The molecule has 0 saturated heterocycles. The van der Waals surface area contributed by atoms with Crippen LogP contribution in [-0.4, -0.2) is 32.2 Å². The van der Waals surface area contributed by atoms with Crippen molar-refractivity contribution in [2.45, 2.75) is 26.8 Å². The van der Waals surface area contributed by atoms with E-state index in [2.05, 4.69) is 34.3 Å². The predicted octanol–water partition coefficient (Wildman–Crippen LogP) is 0.828. The summed E-state index contributed by atoms with van der Waals surface area (Å²) < 4.78 is 1.90. The van der Waals surface area contributed by atoms with E-state index in [1.54, 1.807) is 6.20 Å². The average Bonchev–Trinajstić information content (AvgIpc) is 2.69. The summed E-state index contributed by atoms with van der Waals surface area (Å²) in [7, 11) is 0. The Morgan fingerprint density at radius 1 is 1.41 bits per heavy atom. The van der Waals surface area contributed by atoms with Gasteiger partial charge in [0.25, 0.3) is 0 Å². The second-order valence-corrected chi connectivity index (χ2v) is 4.51. The van der Waals surface area contributed by atoms with E-state index in [4.69, 9.17) is 5.73 Å². The Kier molecular flexibility index (Phi) is 3.23. The molecule has 0 radical (unpaired) electrons. The van der Waals surface area contributed by atoms with Crippen LogP contribution in [0.5, 0.6) is 0 Å². The first-order chi connectivity index (χ1) is 8.09. The Labute approximate surface area is 100 Å². The largest absolute Gasteiger partial charge is 0.365 e. The highest BCUT2D eigenvalue weighted by Gasteiger charge is 2.10. The number of aromatic nitrogens is 4. The van der Waals surface area contributed by atoms with Crippen molar-refractivity contribution >= 4 is 11.5 Å². The van der Waals surface area contributed by atoms with E-state index in [1.807, 2.05) is 17.5 Å². The van der Waals surface area contributed by atoms with Crippen molar-refractivity contribution in [1.29, 1.82) is 0 Å². The third-order valence-electron chi connectivity index (χ3n) is 2.86. The van der Waals surface area contributed by atoms with Crippen molar-refractivity contribution in [1.82, 2.24) is 19.6 Å². The Bertz CT molecular complexity index is 504. The number of rotatable bonds is 4. The summed E-state index contributed by atoms with van der Waals surface area (Å²) in [6, 6.07) is 0.0982. The summed E-state index contributed by atoms with van der Waals surface area (Å²) in [6.45, 7) is 6.78. The second-order valence-electron chi connectivity index (χ2n) is 4.51. The molecule has 2 heterocycles. The van der Waals surface area contributed by atoms with Crippen LogP contribution in [0.2, 0.25) is 0 Å². The molecule has 6 nitrogen and oxygen atoms in total. The Balaban J connectivity index is 2.19. The lowest BCUT2D eigenvalue weighted by atomic mass is 10.1. The zero-order valence-electron chi connectivity index (χ0n) is 10.4. The van der Waals surface area contributed by atoms with E-state index in [9.17, 15) is 0 Å². The van der Waals surface area contributed by atoms with E-state index in [-0.39, 0.29) is 6.04 Å². The van der Waals surface area contributed by atoms with Crippen molar-refractivity contribution in [3.8, 4) is 0 Å². The standard InChI is InChI=1S/C11H18N6/c1-7(2)9(12)6-14-10-11-16-15-8(3)17(11)5-4-13-10/h4-5,7,9H,6,12H2,1-3H3,(H,13,14). The van der Waals surface area contributed by atoms with Crippen LogP contribution in [0.25, 0.3) is 5.65 Å². The molecule has 0 aliphatic heterocycles. The summed E-state index contributed by atoms with van der Waals surface area (Å²) in [5, 5.41) is 11.3. The van der Waals surface area contributed by atoms with Gasteiger partial charge >= 0.3 is 0 Å². The summed E-state index contributed by atoms with van der Waals surface area (Å²) >= 11 is 0. The van der Waals surface area contributed by atoms with Crippen LogP contribution in [-0.2, 0) is 0 Å². The van der Waals surface area contributed by atoms with Crippen LogP contribution in [0.1, 0.15) is 19.7 Å². The summed E-state index contributed by atoms with van der Waals surface area (Å²) in [5.74, 6) is 2.00. The molecule has 6 heteroatoms. The summed E-state index contributed by atoms with van der Waals surface area (Å²) in [4.78, 5) is 4.26. The number of fused-ring (bicyclic) bond motifs is 1. The molecule has 2 rings (SSSR count). The Morgan fingerprint density at radius 3 is 2.88 bits per heavy atom. The van der Waals surface area contributed by atoms with Gasteiger partial charge in [-0.3, -0.25) is 4.40 Å². The van der Waals surface area contributed by atoms with Crippen LogP contribution in [0.15, 0.2) is 12.4 Å². The number of hydrogen-bond donors (Lipinski definition) is 2. The minimum absolute atomic E-state index is 0.0982. The number of nitrogens with zero attached hydrogens (tertiary/aromatic N) is 4. The molecule has 0 saturated carbocycles. The molecule has 0 aliphatic carbocycles. The maximum atomic E-state index is 5.98. The number of nitrogens with one attached hydrogen (secondary N) is 1. The fourth-order valence-corrected chi connectivity index (χ4v) is 1.52. The van der Waals surface area contributed by atoms with Crippen molar-refractivity contribution in [2.75, 3.05) is 11.9 Å². The first kappa shape index (κ1) is 11.8. The van der Waals surface area contributed by atoms with Crippen LogP contribution < -0.4 is 11.1 Å². The van der Waals surface area contributed by atoms with Gasteiger partial charge in [-0.1, -0.05) is 13.8 Å². The van der Waals surface area contributed by atoms with E-state index in [0.717, 1.165) is 17.3 Å². The van der Waals surface area contributed by atoms with Crippen molar-refractivity contribution in [2.24, 2.45) is 11.7 Å². The van der Waals surface area contributed by atoms with Gasteiger partial charge in [0, 0.05) is 25.0 Å². The molecular weight excluding hydrogens is 216 g/mol. The van der Waals surface area contributed by atoms with Crippen molar-refractivity contribution < 1.29 is 0 Å². The quantitative estimate of drug-likeness (QED) is 0.819. The summed E-state index contributed by atoms with van der Waals surface area (Å²) in [6.07, 6.45) is 3.57. The predicted molar refractivity (Wildman–Crippen MR) is 66.8 cm³/mol. The SMILES string of the molecule is Cc1nnc2c(NCC(N)C(C)C)nccn12. The third-order valence-corrected chi connectivity index (χ3v) is 2.86. The topological polar surface area (TPSA) is 81.1 Å². The molecule has 0 aliphatic rings. The van der Waals surface area contributed by atoms with Crippen LogP contribution >= 0.6 is 0 Å². The van der Waals surface area contributed by atoms with Gasteiger partial charge in [-0.15, -0.1) is 10.2 Å². The van der Waals surface area contributed by atoms with Gasteiger partial charge in [-0.2, -0.15) is 0 Å². The van der Waals surface area contributed by atoms with E-state index >= 15 is 0 Å². The maximum absolute atomic E-state index is 5.98. The number of nitrogens with two attached hydrogens (primary N) is 1. The van der Waals surface area contributed by atoms with Gasteiger partial charge in [-0.25, -0.2) is 4.98 Å². The lowest BCUT2D eigenvalue weighted by Crippen LogP contribution is -2.34. The fourth-order valence-electron chi connectivity index (χ4n) is 1.52. The Morgan fingerprint density at radius 2 is 2.18 bits per heavy atom. The lowest BCUT2D eigenvalue weighted by Gasteiger charge is -2.16. The van der Waals surface area contributed by atoms with Crippen LogP contribution in [0.4, 0.5) is 5.82 Å². The van der Waals surface area contributed by atoms with Gasteiger partial charge in [0.05, 0.1) is 0 Å². The molecule has 0 aromatic carbocycles. The van der Waals surface area contributed by atoms with Crippen LogP contribution in [0, 0.1) is 12.8 Å². The fraction of sp³-hybridized carbons (Fsp3) is 0.545. The van der Waals surface area contributed by atoms with E-state index < -0.39 is 0 Å². The normalized spacial score (nSPS) is 13.2. The van der Waals surface area contributed by atoms with E-state index in [1.165, 1.54) is 0 Å². The molecule has 1 unspecified atom stereocenters. The molecule has 0 fully saturated rings. The highest BCUT2D eigenvalue weighted by atomic mass is 15.3. The molecule has 17 heavy (non-hydrogen) atoms. The first-order valence-electron chi connectivity index (χ1n) is 5.75. The monoisotopic (exact) mass is 234 g/mol. The average molecular weight is 234 g/mol. The highest BCUT2D eigenvalue weighted by molar-refractivity contribution is 5.61. The van der Waals surface area contributed by atoms with Gasteiger partial charge < -0.3 is 11.1 Å². The number of anilines is 1. The van der Waals surface area contributed by atoms with Gasteiger partial charge in [0.1, 0.15) is 5.82 Å². The molecule has 0 spiro atoms. The molecule has 0 amide bonds. The summed E-state index contributed by atoms with van der Waals surface area (Å²) in [5.41, 5.74) is 6.72. The number of hydrogen-bond acceptors (Lipinski definition) is 5. The first-order valence-corrected chi connectivity index (χ1v) is 5.75. The molecule has 2 aromatic rings. The zero-order valence-corrected chi connectivity index (χ0v) is 10.4. The third kappa shape index (κ3) is 2.36. The van der Waals surface area contributed by atoms with Crippen molar-refractivity contribution in [3.05, 3.63) is 18.2 Å². The number of aryl methyl sites for hydroxylation is 1. The minimum atomic E-state index is 0.0982. The zero-order chi connectivity index (χ0) is 12.4. The highest BCUT2D eigenvalue weighted by Crippen LogP contribution is 2.12. The lowest BCUT2D eigenvalue weighted by molar-refractivity contribution is 0.511. The van der Waals surface area contributed by atoms with E-state index in [0.29, 0.717) is 12.5 Å². The maximum Gasteiger partial charge on any atom is 0.203 e.